The molecule has 1 saturated carbocycles. The number of hydrogen-bond donors (Lipinski definition) is 3. The molecule has 1 unspecified atom stereocenters. The van der Waals surface area contributed by atoms with Gasteiger partial charge in [0.15, 0.2) is 0 Å². The third-order valence-electron chi connectivity index (χ3n) is 6.11. The molecule has 2 aromatic rings. The Morgan fingerprint density at radius 2 is 1.82 bits per heavy atom. The Kier molecular flexibility index (Phi) is 7.89. The number of rotatable bonds is 7. The number of urea groups is 1. The Hall–Kier alpha value is -2.85. The second-order valence-electron chi connectivity index (χ2n) is 8.68. The quantitative estimate of drug-likeness (QED) is 0.546. The van der Waals surface area contributed by atoms with E-state index < -0.39 is 17.8 Å². The van der Waals surface area contributed by atoms with Crippen LogP contribution in [0.4, 0.5) is 23.7 Å². The third-order valence-corrected chi connectivity index (χ3v) is 6.11. The van der Waals surface area contributed by atoms with Crippen molar-refractivity contribution < 1.29 is 27.4 Å². The van der Waals surface area contributed by atoms with E-state index in [0.717, 1.165) is 56.3 Å². The smallest absolute Gasteiger partial charge is 0.416 e. The maximum Gasteiger partial charge on any atom is 0.416 e. The Labute approximate surface area is 196 Å². The number of nitrogens with one attached hydrogen (secondary N) is 3. The number of hydrogen-bond acceptors (Lipinski definition) is 5. The van der Waals surface area contributed by atoms with Crippen LogP contribution >= 0.6 is 0 Å². The van der Waals surface area contributed by atoms with Crippen LogP contribution in [0.1, 0.15) is 43.2 Å². The van der Waals surface area contributed by atoms with Gasteiger partial charge in [-0.2, -0.15) is 13.2 Å². The maximum atomic E-state index is 13.2. The van der Waals surface area contributed by atoms with E-state index in [0.29, 0.717) is 13.2 Å². The molecule has 4 rings (SSSR count). The molecule has 1 atom stereocenters. The van der Waals surface area contributed by atoms with Gasteiger partial charge in [0.1, 0.15) is 11.9 Å². The molecule has 34 heavy (non-hydrogen) atoms. The summed E-state index contributed by atoms with van der Waals surface area (Å²) in [6.07, 6.45) is 2.69. The van der Waals surface area contributed by atoms with Crippen LogP contribution in [-0.4, -0.2) is 42.4 Å². The Balaban J connectivity index is 1.30. The van der Waals surface area contributed by atoms with Gasteiger partial charge in [-0.3, -0.25) is 4.98 Å². The van der Waals surface area contributed by atoms with E-state index in [1.54, 1.807) is 12.4 Å². The van der Waals surface area contributed by atoms with E-state index in [1.165, 1.54) is 6.07 Å². The minimum Gasteiger partial charge on any atom is -0.487 e. The second-order valence-corrected chi connectivity index (χ2v) is 8.68. The summed E-state index contributed by atoms with van der Waals surface area (Å²) in [6, 6.07) is 6.35. The molecule has 1 aliphatic heterocycles. The summed E-state index contributed by atoms with van der Waals surface area (Å²) in [5, 5.41) is 8.59. The van der Waals surface area contributed by atoms with E-state index in [-0.39, 0.29) is 29.7 Å². The van der Waals surface area contributed by atoms with Gasteiger partial charge in [-0.15, -0.1) is 0 Å². The normalized spacial score (nSPS) is 22.9. The molecule has 0 spiro atoms. The van der Waals surface area contributed by atoms with Crippen LogP contribution in [0.2, 0.25) is 0 Å². The van der Waals surface area contributed by atoms with E-state index >= 15 is 0 Å². The van der Waals surface area contributed by atoms with Crippen molar-refractivity contribution in [3.63, 3.8) is 0 Å². The molecule has 0 bridgehead atoms. The van der Waals surface area contributed by atoms with E-state index in [2.05, 4.69) is 20.9 Å². The number of ether oxygens (including phenoxy) is 2. The molecule has 1 aromatic carbocycles. The highest BCUT2D eigenvalue weighted by atomic mass is 19.4. The van der Waals surface area contributed by atoms with Gasteiger partial charge in [0.25, 0.3) is 0 Å². The van der Waals surface area contributed by atoms with Crippen LogP contribution in [0, 0.1) is 0 Å². The van der Waals surface area contributed by atoms with Gasteiger partial charge in [-0.05, 0) is 74.5 Å². The highest BCUT2D eigenvalue weighted by Gasteiger charge is 2.32. The van der Waals surface area contributed by atoms with E-state index in [1.807, 2.05) is 12.1 Å². The largest absolute Gasteiger partial charge is 0.487 e. The lowest BCUT2D eigenvalue weighted by Crippen LogP contribution is -2.41. The number of halogens is 3. The van der Waals surface area contributed by atoms with Crippen LogP contribution in [0.15, 0.2) is 42.7 Å². The summed E-state index contributed by atoms with van der Waals surface area (Å²) >= 11 is 0. The standard InChI is InChI=1S/C24H29F3N4O3/c25-24(26,27)17-1-6-22(34-20-9-12-29-14-20)21(13-17)31-23(32)30-18-2-4-19(5-3-18)33-15-16-7-10-28-11-8-16/h1,6-8,10-11,13,18-20,29H,2-5,9,12,14-15H2,(H2,30,31,32). The predicted molar refractivity (Wildman–Crippen MR) is 121 cm³/mol. The maximum absolute atomic E-state index is 13.2. The Morgan fingerprint density at radius 3 is 2.50 bits per heavy atom. The van der Waals surface area contributed by atoms with Gasteiger partial charge in [0, 0.05) is 25.0 Å². The molecule has 1 aliphatic carbocycles. The first-order valence-corrected chi connectivity index (χ1v) is 11.5. The number of nitrogens with zero attached hydrogens (tertiary/aromatic N) is 1. The molecule has 3 N–H and O–H groups in total. The number of carbonyl (C=O) groups is 1. The lowest BCUT2D eigenvalue weighted by Gasteiger charge is -2.29. The predicted octanol–water partition coefficient (Wildman–Crippen LogP) is 4.49. The van der Waals surface area contributed by atoms with Crippen molar-refractivity contribution in [2.24, 2.45) is 0 Å². The van der Waals surface area contributed by atoms with Crippen molar-refractivity contribution in [3.8, 4) is 5.75 Å². The van der Waals surface area contributed by atoms with Gasteiger partial charge in [0.2, 0.25) is 0 Å². The fourth-order valence-electron chi connectivity index (χ4n) is 4.23. The van der Waals surface area contributed by atoms with Crippen LogP contribution in [-0.2, 0) is 17.5 Å². The summed E-state index contributed by atoms with van der Waals surface area (Å²) in [6.45, 7) is 1.91. The van der Waals surface area contributed by atoms with Crippen LogP contribution < -0.4 is 20.7 Å². The van der Waals surface area contributed by atoms with Gasteiger partial charge < -0.3 is 25.4 Å². The lowest BCUT2D eigenvalue weighted by molar-refractivity contribution is -0.137. The average Bonchev–Trinajstić information content (AvgIpc) is 3.33. The second kappa shape index (κ2) is 11.1. The average molecular weight is 479 g/mol. The fraction of sp³-hybridized carbons (Fsp3) is 0.500. The first kappa shape index (κ1) is 24.3. The number of anilines is 1. The lowest BCUT2D eigenvalue weighted by atomic mass is 9.93. The summed E-state index contributed by atoms with van der Waals surface area (Å²) in [4.78, 5) is 16.6. The Bertz CT molecular complexity index is 944. The van der Waals surface area contributed by atoms with Crippen molar-refractivity contribution in [2.75, 3.05) is 18.4 Å². The van der Waals surface area contributed by atoms with Gasteiger partial charge in [0.05, 0.1) is 24.0 Å². The molecule has 2 aliphatic rings. The molecule has 7 nitrogen and oxygen atoms in total. The number of carbonyl (C=O) groups excluding carboxylic acids is 1. The summed E-state index contributed by atoms with van der Waals surface area (Å²) < 4.78 is 51.5. The minimum absolute atomic E-state index is 0.00796. The molecule has 1 aromatic heterocycles. The molecular formula is C24H29F3N4O3. The van der Waals surface area contributed by atoms with Gasteiger partial charge in [-0.25, -0.2) is 4.79 Å². The van der Waals surface area contributed by atoms with Crippen molar-refractivity contribution >= 4 is 11.7 Å². The fourth-order valence-corrected chi connectivity index (χ4v) is 4.23. The van der Waals surface area contributed by atoms with Gasteiger partial charge >= 0.3 is 12.2 Å². The van der Waals surface area contributed by atoms with Crippen LogP contribution in [0.3, 0.4) is 0 Å². The van der Waals surface area contributed by atoms with Gasteiger partial charge in [-0.1, -0.05) is 0 Å². The number of alkyl halides is 3. The zero-order chi connectivity index (χ0) is 24.0. The number of benzene rings is 1. The first-order valence-electron chi connectivity index (χ1n) is 11.5. The first-order chi connectivity index (χ1) is 16.4. The highest BCUT2D eigenvalue weighted by Crippen LogP contribution is 2.36. The number of amides is 2. The SMILES string of the molecule is O=C(Nc1cc(C(F)(F)F)ccc1OC1CCNC1)NC1CCC(OCc2ccncc2)CC1. The van der Waals surface area contributed by atoms with Crippen molar-refractivity contribution in [1.82, 2.24) is 15.6 Å². The summed E-state index contributed by atoms with van der Waals surface area (Å²) in [5.41, 5.74) is 0.224. The third kappa shape index (κ3) is 6.83. The topological polar surface area (TPSA) is 84.5 Å². The monoisotopic (exact) mass is 478 g/mol. The molecule has 2 amide bonds. The molecule has 2 fully saturated rings. The van der Waals surface area contributed by atoms with E-state index in [4.69, 9.17) is 9.47 Å². The zero-order valence-electron chi connectivity index (χ0n) is 18.7. The highest BCUT2D eigenvalue weighted by molar-refractivity contribution is 5.91. The summed E-state index contributed by atoms with van der Waals surface area (Å²) in [5.74, 6) is 0.227. The van der Waals surface area contributed by atoms with Crippen LogP contribution in [0.5, 0.6) is 5.75 Å². The molecule has 0 radical (unpaired) electrons. The van der Waals surface area contributed by atoms with Crippen LogP contribution in [0.25, 0.3) is 0 Å². The minimum atomic E-state index is -4.52. The van der Waals surface area contributed by atoms with Crippen molar-refractivity contribution in [3.05, 3.63) is 53.9 Å². The molecule has 1 saturated heterocycles. The van der Waals surface area contributed by atoms with Crippen molar-refractivity contribution in [2.45, 2.75) is 63.1 Å². The zero-order valence-corrected chi connectivity index (χ0v) is 18.7. The molecule has 10 heteroatoms. The Morgan fingerprint density at radius 1 is 1.06 bits per heavy atom. The number of aromatic nitrogens is 1. The van der Waals surface area contributed by atoms with E-state index in [9.17, 15) is 18.0 Å². The summed E-state index contributed by atoms with van der Waals surface area (Å²) in [7, 11) is 0. The van der Waals surface area contributed by atoms with Crippen molar-refractivity contribution in [1.29, 1.82) is 0 Å². The molecule has 184 valence electrons. The number of pyridine rings is 1. The molecular weight excluding hydrogens is 449 g/mol. The molecule has 2 heterocycles.